The minimum Gasteiger partial charge on any atom is -0.543 e. The molecule has 2 aromatic rings. The maximum atomic E-state index is 12.6. The standard InChI is InChI=1S/C19H16N4O4S2.Na/c24-13(9-11-5-2-1-3-6-11)22-14-16(25)23-15(18(26)27)12(10-28-17(14)23)29-19-20-7-4-8-21-19;/h1-8,14,17H,9-10H2,(H,22,24)(H,26,27);/q;+1/p-1/t14?,17-;/m1./s1. The summed E-state index contributed by atoms with van der Waals surface area (Å²) in [5, 5.41) is 14.4. The third-order valence-electron chi connectivity index (χ3n) is 4.41. The van der Waals surface area contributed by atoms with Crippen molar-refractivity contribution in [3.05, 3.63) is 65.0 Å². The van der Waals surface area contributed by atoms with Crippen LogP contribution in [0.3, 0.4) is 0 Å². The number of thioether (sulfide) groups is 2. The van der Waals surface area contributed by atoms with Gasteiger partial charge in [-0.15, -0.1) is 11.8 Å². The van der Waals surface area contributed by atoms with Gasteiger partial charge in [-0.25, -0.2) is 9.97 Å². The molecule has 1 aromatic carbocycles. The summed E-state index contributed by atoms with van der Waals surface area (Å²) in [5.74, 6) is -1.83. The first-order chi connectivity index (χ1) is 14.0. The molecule has 11 heteroatoms. The van der Waals surface area contributed by atoms with E-state index in [4.69, 9.17) is 0 Å². The van der Waals surface area contributed by atoms with E-state index in [2.05, 4.69) is 15.3 Å². The van der Waals surface area contributed by atoms with Crippen molar-refractivity contribution in [3.8, 4) is 0 Å². The Balaban J connectivity index is 0.00000256. The van der Waals surface area contributed by atoms with Crippen LogP contribution in [0.15, 0.2) is 64.6 Å². The van der Waals surface area contributed by atoms with Crippen LogP contribution < -0.4 is 40.0 Å². The molecular formula is C19H15N4NaO4S2. The number of carbonyl (C=O) groups is 3. The zero-order chi connectivity index (χ0) is 20.4. The third kappa shape index (κ3) is 4.73. The maximum absolute atomic E-state index is 12.6. The average Bonchev–Trinajstić information content (AvgIpc) is 2.73. The molecule has 1 aromatic heterocycles. The van der Waals surface area contributed by atoms with Crippen molar-refractivity contribution < 1.29 is 49.0 Å². The van der Waals surface area contributed by atoms with Gasteiger partial charge in [-0.05, 0) is 11.6 Å². The monoisotopic (exact) mass is 450 g/mol. The summed E-state index contributed by atoms with van der Waals surface area (Å²) in [6.45, 7) is 0. The summed E-state index contributed by atoms with van der Waals surface area (Å²) in [6.07, 6.45) is 3.26. The average molecular weight is 450 g/mol. The number of aliphatic carboxylic acids is 1. The Kier molecular flexibility index (Phi) is 7.59. The van der Waals surface area contributed by atoms with Gasteiger partial charge >= 0.3 is 29.6 Å². The maximum Gasteiger partial charge on any atom is 1.00 e. The van der Waals surface area contributed by atoms with Crippen molar-refractivity contribution in [2.75, 3.05) is 5.75 Å². The molecule has 1 saturated heterocycles. The molecule has 2 amide bonds. The van der Waals surface area contributed by atoms with Crippen LogP contribution in [0.1, 0.15) is 5.56 Å². The van der Waals surface area contributed by atoms with E-state index in [1.54, 1.807) is 18.5 Å². The van der Waals surface area contributed by atoms with E-state index in [9.17, 15) is 19.5 Å². The van der Waals surface area contributed by atoms with E-state index in [1.165, 1.54) is 16.7 Å². The molecule has 2 aliphatic heterocycles. The number of benzene rings is 1. The van der Waals surface area contributed by atoms with Crippen LogP contribution in [0.4, 0.5) is 0 Å². The van der Waals surface area contributed by atoms with E-state index >= 15 is 0 Å². The summed E-state index contributed by atoms with van der Waals surface area (Å²) < 4.78 is 0. The second-order valence-electron chi connectivity index (χ2n) is 6.31. The quantitative estimate of drug-likeness (QED) is 0.285. The van der Waals surface area contributed by atoms with Gasteiger partial charge in [0.1, 0.15) is 11.4 Å². The van der Waals surface area contributed by atoms with Crippen LogP contribution >= 0.6 is 23.5 Å². The van der Waals surface area contributed by atoms with Crippen molar-refractivity contribution in [2.45, 2.75) is 23.0 Å². The number of rotatable bonds is 6. The van der Waals surface area contributed by atoms with Gasteiger partial charge in [0, 0.05) is 23.1 Å². The first-order valence-corrected chi connectivity index (χ1v) is 10.6. The molecule has 0 spiro atoms. The fraction of sp³-hybridized carbons (Fsp3) is 0.211. The minimum atomic E-state index is -1.43. The van der Waals surface area contributed by atoms with Crippen molar-refractivity contribution >= 4 is 41.3 Å². The number of amides is 2. The van der Waals surface area contributed by atoms with Crippen LogP contribution in [-0.4, -0.2) is 49.8 Å². The molecule has 0 aliphatic carbocycles. The van der Waals surface area contributed by atoms with Gasteiger partial charge in [0.2, 0.25) is 5.91 Å². The van der Waals surface area contributed by atoms with Gasteiger partial charge in [0.05, 0.1) is 18.1 Å². The normalized spacial score (nSPS) is 20.0. The number of hydrogen-bond donors (Lipinski definition) is 1. The van der Waals surface area contributed by atoms with E-state index in [-0.39, 0.29) is 47.6 Å². The Morgan fingerprint density at radius 2 is 1.90 bits per heavy atom. The fourth-order valence-corrected chi connectivity index (χ4v) is 5.47. The first-order valence-electron chi connectivity index (χ1n) is 8.72. The summed E-state index contributed by atoms with van der Waals surface area (Å²) in [4.78, 5) is 46.5. The number of hydrogen-bond acceptors (Lipinski definition) is 8. The van der Waals surface area contributed by atoms with Crippen LogP contribution in [0.25, 0.3) is 0 Å². The molecule has 148 valence electrons. The number of fused-ring (bicyclic) bond motifs is 1. The molecule has 1 fully saturated rings. The third-order valence-corrected chi connectivity index (χ3v) is 6.85. The molecule has 3 heterocycles. The molecule has 8 nitrogen and oxygen atoms in total. The summed E-state index contributed by atoms with van der Waals surface area (Å²) in [6, 6.07) is 10.1. The zero-order valence-electron chi connectivity index (χ0n) is 16.0. The van der Waals surface area contributed by atoms with Gasteiger partial charge in [-0.2, -0.15) is 0 Å². The summed E-state index contributed by atoms with van der Waals surface area (Å²) >= 11 is 2.48. The van der Waals surface area contributed by atoms with Crippen molar-refractivity contribution in [3.63, 3.8) is 0 Å². The number of nitrogens with zero attached hydrogens (tertiary/aromatic N) is 3. The Labute approximate surface area is 203 Å². The fourth-order valence-electron chi connectivity index (χ4n) is 3.11. The predicted octanol–water partition coefficient (Wildman–Crippen LogP) is -2.82. The molecule has 0 bridgehead atoms. The smallest absolute Gasteiger partial charge is 0.543 e. The van der Waals surface area contributed by atoms with Crippen LogP contribution in [0, 0.1) is 0 Å². The second-order valence-corrected chi connectivity index (χ2v) is 8.48. The van der Waals surface area contributed by atoms with Crippen LogP contribution in [0.5, 0.6) is 0 Å². The Morgan fingerprint density at radius 3 is 2.57 bits per heavy atom. The molecule has 0 radical (unpaired) electrons. The van der Waals surface area contributed by atoms with Crippen molar-refractivity contribution in [1.29, 1.82) is 0 Å². The van der Waals surface area contributed by atoms with Crippen molar-refractivity contribution in [2.24, 2.45) is 0 Å². The number of carboxylic acid groups (broad SMARTS) is 1. The molecule has 30 heavy (non-hydrogen) atoms. The van der Waals surface area contributed by atoms with Crippen LogP contribution in [-0.2, 0) is 20.8 Å². The predicted molar refractivity (Wildman–Crippen MR) is 105 cm³/mol. The SMILES string of the molecule is O=C(Cc1ccccc1)NC1C(=O)N2C(C(=O)[O-])=C(Sc3ncccn3)CS[C@H]12.[Na+]. The van der Waals surface area contributed by atoms with E-state index in [0.717, 1.165) is 17.3 Å². The largest absolute Gasteiger partial charge is 1.00 e. The molecule has 2 aliphatic rings. The van der Waals surface area contributed by atoms with E-state index in [0.29, 0.717) is 15.8 Å². The number of β-lactam (4-membered cyclic amide) rings is 1. The van der Waals surface area contributed by atoms with Crippen molar-refractivity contribution in [1.82, 2.24) is 20.2 Å². The van der Waals surface area contributed by atoms with Crippen LogP contribution in [0.2, 0.25) is 0 Å². The first kappa shape index (κ1) is 22.8. The summed E-state index contributed by atoms with van der Waals surface area (Å²) in [7, 11) is 0. The molecule has 4 rings (SSSR count). The van der Waals surface area contributed by atoms with Gasteiger partial charge in [-0.3, -0.25) is 14.5 Å². The zero-order valence-corrected chi connectivity index (χ0v) is 19.6. The molecule has 2 atom stereocenters. The Morgan fingerprint density at radius 1 is 1.20 bits per heavy atom. The molecule has 1 N–H and O–H groups in total. The summed E-state index contributed by atoms with van der Waals surface area (Å²) in [5.41, 5.74) is 0.659. The topological polar surface area (TPSA) is 115 Å². The second kappa shape index (κ2) is 9.97. The van der Waals surface area contributed by atoms with E-state index < -0.39 is 23.3 Å². The Bertz CT molecular complexity index is 991. The number of nitrogens with one attached hydrogen (secondary N) is 1. The Hall–Kier alpha value is -1.85. The number of carboxylic acids is 1. The molecular weight excluding hydrogens is 435 g/mol. The van der Waals surface area contributed by atoms with Gasteiger partial charge in [0.15, 0.2) is 5.16 Å². The molecule has 1 unspecified atom stereocenters. The number of carbonyl (C=O) groups excluding carboxylic acids is 3. The van der Waals surface area contributed by atoms with E-state index in [1.807, 2.05) is 30.3 Å². The van der Waals surface area contributed by atoms with Gasteiger partial charge in [0.25, 0.3) is 5.91 Å². The van der Waals surface area contributed by atoms with Gasteiger partial charge < -0.3 is 15.2 Å². The number of aromatic nitrogens is 2. The molecule has 0 saturated carbocycles. The van der Waals surface area contributed by atoms with Gasteiger partial charge in [-0.1, -0.05) is 42.1 Å². The minimum absolute atomic E-state index is 0.